The van der Waals surface area contributed by atoms with Gasteiger partial charge < -0.3 is 10.1 Å². The first kappa shape index (κ1) is 12.9. The van der Waals surface area contributed by atoms with Gasteiger partial charge >= 0.3 is 0 Å². The van der Waals surface area contributed by atoms with Gasteiger partial charge in [0.1, 0.15) is 0 Å². The van der Waals surface area contributed by atoms with Crippen LogP contribution in [0.4, 0.5) is 0 Å². The summed E-state index contributed by atoms with van der Waals surface area (Å²) in [6.07, 6.45) is 0. The van der Waals surface area contributed by atoms with E-state index in [0.29, 0.717) is 18.0 Å². The summed E-state index contributed by atoms with van der Waals surface area (Å²) in [5.41, 5.74) is 0. The van der Waals surface area contributed by atoms with Crippen LogP contribution in [0, 0.1) is 5.92 Å². The highest BCUT2D eigenvalue weighted by Crippen LogP contribution is 2.08. The minimum atomic E-state index is 0.636. The summed E-state index contributed by atoms with van der Waals surface area (Å²) in [5, 5.41) is 3.44. The van der Waals surface area contributed by atoms with Crippen molar-refractivity contribution < 1.29 is 4.74 Å². The number of piperazine rings is 1. The first-order chi connectivity index (χ1) is 7.11. The van der Waals surface area contributed by atoms with Crippen molar-refractivity contribution in [2.75, 3.05) is 32.8 Å². The smallest absolute Gasteiger partial charge is 0.0593 e. The van der Waals surface area contributed by atoms with E-state index < -0.39 is 0 Å². The van der Waals surface area contributed by atoms with Crippen LogP contribution < -0.4 is 5.32 Å². The van der Waals surface area contributed by atoms with Crippen LogP contribution >= 0.6 is 0 Å². The first-order valence-electron chi connectivity index (χ1n) is 6.15. The molecule has 1 heterocycles. The molecule has 1 aliphatic heterocycles. The van der Waals surface area contributed by atoms with Crippen molar-refractivity contribution >= 4 is 0 Å². The molecule has 0 spiro atoms. The predicted octanol–water partition coefficient (Wildman–Crippen LogP) is 1.34. The summed E-state index contributed by atoms with van der Waals surface area (Å²) in [6.45, 7) is 14.0. The molecule has 0 amide bonds. The molecule has 1 saturated heterocycles. The van der Waals surface area contributed by atoms with E-state index in [2.05, 4.69) is 37.9 Å². The predicted molar refractivity (Wildman–Crippen MR) is 64.2 cm³/mol. The van der Waals surface area contributed by atoms with Gasteiger partial charge in [0.2, 0.25) is 0 Å². The fourth-order valence-corrected chi connectivity index (χ4v) is 2.10. The zero-order chi connectivity index (χ0) is 11.3. The van der Waals surface area contributed by atoms with E-state index in [-0.39, 0.29) is 0 Å². The summed E-state index contributed by atoms with van der Waals surface area (Å²) in [7, 11) is 0. The molecule has 1 N–H and O–H groups in total. The first-order valence-corrected chi connectivity index (χ1v) is 6.15. The molecule has 2 unspecified atom stereocenters. The molecule has 0 bridgehead atoms. The molecule has 2 atom stereocenters. The SMILES string of the molecule is CC(C)COCCN1C(C)CNCC1C. The maximum Gasteiger partial charge on any atom is 0.0593 e. The normalized spacial score (nSPS) is 28.6. The lowest BCUT2D eigenvalue weighted by Crippen LogP contribution is -2.55. The summed E-state index contributed by atoms with van der Waals surface area (Å²) < 4.78 is 5.63. The standard InChI is InChI=1S/C12H26N2O/c1-10(2)9-15-6-5-14-11(3)7-13-8-12(14)4/h10-13H,5-9H2,1-4H3. The highest BCUT2D eigenvalue weighted by molar-refractivity contribution is 4.82. The van der Waals surface area contributed by atoms with Crippen LogP contribution in [0.2, 0.25) is 0 Å². The van der Waals surface area contributed by atoms with E-state index in [1.165, 1.54) is 0 Å². The van der Waals surface area contributed by atoms with Gasteiger partial charge in [-0.25, -0.2) is 0 Å². The average Bonchev–Trinajstić information content (AvgIpc) is 2.15. The van der Waals surface area contributed by atoms with Crippen molar-refractivity contribution in [3.8, 4) is 0 Å². The Labute approximate surface area is 94.2 Å². The molecule has 1 rings (SSSR count). The van der Waals surface area contributed by atoms with E-state index >= 15 is 0 Å². The van der Waals surface area contributed by atoms with Crippen molar-refractivity contribution in [1.82, 2.24) is 10.2 Å². The molecule has 1 aliphatic rings. The Morgan fingerprint density at radius 2 is 1.87 bits per heavy atom. The minimum absolute atomic E-state index is 0.636. The van der Waals surface area contributed by atoms with Crippen molar-refractivity contribution in [1.29, 1.82) is 0 Å². The topological polar surface area (TPSA) is 24.5 Å². The van der Waals surface area contributed by atoms with Gasteiger partial charge in [-0.05, 0) is 19.8 Å². The molecule has 15 heavy (non-hydrogen) atoms. The van der Waals surface area contributed by atoms with Gasteiger partial charge in [0.05, 0.1) is 6.61 Å². The molecule has 0 aromatic carbocycles. The molecule has 0 aromatic rings. The summed E-state index contributed by atoms with van der Waals surface area (Å²) >= 11 is 0. The highest BCUT2D eigenvalue weighted by atomic mass is 16.5. The molecular formula is C12H26N2O. The third-order valence-corrected chi connectivity index (χ3v) is 2.96. The molecular weight excluding hydrogens is 188 g/mol. The Balaban J connectivity index is 2.17. The molecule has 90 valence electrons. The van der Waals surface area contributed by atoms with E-state index in [9.17, 15) is 0 Å². The minimum Gasteiger partial charge on any atom is -0.380 e. The van der Waals surface area contributed by atoms with Crippen LogP contribution in [0.15, 0.2) is 0 Å². The number of nitrogens with one attached hydrogen (secondary N) is 1. The molecule has 0 aromatic heterocycles. The highest BCUT2D eigenvalue weighted by Gasteiger charge is 2.23. The fourth-order valence-electron chi connectivity index (χ4n) is 2.10. The van der Waals surface area contributed by atoms with E-state index in [0.717, 1.165) is 32.8 Å². The third kappa shape index (κ3) is 4.49. The average molecular weight is 214 g/mol. The Kier molecular flexibility index (Phi) is 5.58. The van der Waals surface area contributed by atoms with Crippen LogP contribution in [0.25, 0.3) is 0 Å². The molecule has 0 saturated carbocycles. The second kappa shape index (κ2) is 6.46. The number of ether oxygens (including phenoxy) is 1. The lowest BCUT2D eigenvalue weighted by molar-refractivity contribution is 0.0475. The van der Waals surface area contributed by atoms with Gasteiger partial charge in [0, 0.05) is 38.3 Å². The van der Waals surface area contributed by atoms with E-state index in [1.54, 1.807) is 0 Å². The Hall–Kier alpha value is -0.120. The van der Waals surface area contributed by atoms with E-state index in [1.807, 2.05) is 0 Å². The van der Waals surface area contributed by atoms with Crippen molar-refractivity contribution in [2.24, 2.45) is 5.92 Å². The zero-order valence-electron chi connectivity index (χ0n) is 10.6. The Morgan fingerprint density at radius 1 is 1.27 bits per heavy atom. The molecule has 3 nitrogen and oxygen atoms in total. The lowest BCUT2D eigenvalue weighted by Gasteiger charge is -2.39. The number of rotatable bonds is 5. The van der Waals surface area contributed by atoms with Crippen LogP contribution in [0.1, 0.15) is 27.7 Å². The van der Waals surface area contributed by atoms with Gasteiger partial charge in [-0.3, -0.25) is 4.90 Å². The van der Waals surface area contributed by atoms with Crippen LogP contribution in [-0.2, 0) is 4.74 Å². The van der Waals surface area contributed by atoms with Gasteiger partial charge in [-0.15, -0.1) is 0 Å². The zero-order valence-corrected chi connectivity index (χ0v) is 10.6. The number of hydrogen-bond acceptors (Lipinski definition) is 3. The maximum absolute atomic E-state index is 5.63. The maximum atomic E-state index is 5.63. The van der Waals surface area contributed by atoms with E-state index in [4.69, 9.17) is 4.74 Å². The number of nitrogens with zero attached hydrogens (tertiary/aromatic N) is 1. The third-order valence-electron chi connectivity index (χ3n) is 2.96. The molecule has 0 radical (unpaired) electrons. The summed E-state index contributed by atoms with van der Waals surface area (Å²) in [4.78, 5) is 2.54. The number of hydrogen-bond donors (Lipinski definition) is 1. The second-order valence-corrected chi connectivity index (χ2v) is 5.06. The fraction of sp³-hybridized carbons (Fsp3) is 1.00. The van der Waals surface area contributed by atoms with Crippen molar-refractivity contribution in [2.45, 2.75) is 39.8 Å². The Morgan fingerprint density at radius 3 is 2.40 bits per heavy atom. The molecule has 3 heteroatoms. The lowest BCUT2D eigenvalue weighted by atomic mass is 10.1. The van der Waals surface area contributed by atoms with Crippen molar-refractivity contribution in [3.05, 3.63) is 0 Å². The molecule has 0 aliphatic carbocycles. The quantitative estimate of drug-likeness (QED) is 0.699. The van der Waals surface area contributed by atoms with Crippen LogP contribution in [0.5, 0.6) is 0 Å². The largest absolute Gasteiger partial charge is 0.380 e. The van der Waals surface area contributed by atoms with Crippen LogP contribution in [0.3, 0.4) is 0 Å². The van der Waals surface area contributed by atoms with Crippen LogP contribution in [-0.4, -0.2) is 49.8 Å². The van der Waals surface area contributed by atoms with Gasteiger partial charge in [0.25, 0.3) is 0 Å². The monoisotopic (exact) mass is 214 g/mol. The Bertz CT molecular complexity index is 163. The second-order valence-electron chi connectivity index (χ2n) is 5.06. The van der Waals surface area contributed by atoms with Crippen molar-refractivity contribution in [3.63, 3.8) is 0 Å². The summed E-state index contributed by atoms with van der Waals surface area (Å²) in [6, 6.07) is 1.27. The summed E-state index contributed by atoms with van der Waals surface area (Å²) in [5.74, 6) is 0.642. The van der Waals surface area contributed by atoms with Gasteiger partial charge in [-0.1, -0.05) is 13.8 Å². The van der Waals surface area contributed by atoms with Gasteiger partial charge in [-0.2, -0.15) is 0 Å². The van der Waals surface area contributed by atoms with Gasteiger partial charge in [0.15, 0.2) is 0 Å². The molecule has 1 fully saturated rings.